The SMILES string of the molecule is O=C1Nc2ccc(O)cc2C1=Cc1c[nH]c2c(O)cccc12. The van der Waals surface area contributed by atoms with Gasteiger partial charge in [0.25, 0.3) is 5.91 Å². The van der Waals surface area contributed by atoms with Crippen LogP contribution in [0.2, 0.25) is 0 Å². The second kappa shape index (κ2) is 4.39. The molecule has 5 heteroatoms. The number of rotatable bonds is 1. The number of H-pyrrole nitrogens is 1. The summed E-state index contributed by atoms with van der Waals surface area (Å²) in [4.78, 5) is 15.2. The highest BCUT2D eigenvalue weighted by Crippen LogP contribution is 2.36. The van der Waals surface area contributed by atoms with Crippen molar-refractivity contribution in [1.29, 1.82) is 0 Å². The van der Waals surface area contributed by atoms with Crippen molar-refractivity contribution in [2.75, 3.05) is 5.32 Å². The minimum Gasteiger partial charge on any atom is -0.508 e. The molecule has 1 aliphatic rings. The maximum absolute atomic E-state index is 12.2. The molecule has 0 aliphatic carbocycles. The van der Waals surface area contributed by atoms with Crippen LogP contribution in [-0.2, 0) is 4.79 Å². The lowest BCUT2D eigenvalue weighted by atomic mass is 10.0. The van der Waals surface area contributed by atoms with Gasteiger partial charge in [0.05, 0.1) is 5.52 Å². The number of hydrogen-bond donors (Lipinski definition) is 4. The topological polar surface area (TPSA) is 85.4 Å². The molecule has 1 aliphatic heterocycles. The second-order valence-electron chi connectivity index (χ2n) is 5.19. The van der Waals surface area contributed by atoms with Crippen molar-refractivity contribution in [3.8, 4) is 11.5 Å². The summed E-state index contributed by atoms with van der Waals surface area (Å²) in [5.74, 6) is 0.0592. The highest BCUT2D eigenvalue weighted by Gasteiger charge is 2.24. The molecule has 0 fully saturated rings. The van der Waals surface area contributed by atoms with E-state index in [1.54, 1.807) is 36.5 Å². The first-order chi connectivity index (χ1) is 10.6. The van der Waals surface area contributed by atoms with Crippen LogP contribution in [0.15, 0.2) is 42.6 Å². The third kappa shape index (κ3) is 1.76. The van der Waals surface area contributed by atoms with E-state index in [9.17, 15) is 15.0 Å². The van der Waals surface area contributed by atoms with Gasteiger partial charge in [-0.15, -0.1) is 0 Å². The fraction of sp³-hybridized carbons (Fsp3) is 0. The van der Waals surface area contributed by atoms with Gasteiger partial charge >= 0.3 is 0 Å². The number of nitrogens with one attached hydrogen (secondary N) is 2. The highest BCUT2D eigenvalue weighted by atomic mass is 16.3. The van der Waals surface area contributed by atoms with Gasteiger partial charge in [-0.1, -0.05) is 12.1 Å². The number of carbonyl (C=O) groups excluding carboxylic acids is 1. The van der Waals surface area contributed by atoms with Crippen LogP contribution in [0, 0.1) is 0 Å². The summed E-state index contributed by atoms with van der Waals surface area (Å²) in [5, 5.41) is 23.1. The Kier molecular flexibility index (Phi) is 2.50. The van der Waals surface area contributed by atoms with E-state index in [-0.39, 0.29) is 17.4 Å². The van der Waals surface area contributed by atoms with Crippen LogP contribution in [0.5, 0.6) is 11.5 Å². The Balaban J connectivity index is 1.91. The van der Waals surface area contributed by atoms with Crippen LogP contribution in [0.3, 0.4) is 0 Å². The van der Waals surface area contributed by atoms with E-state index in [2.05, 4.69) is 10.3 Å². The van der Waals surface area contributed by atoms with Crippen LogP contribution < -0.4 is 5.32 Å². The van der Waals surface area contributed by atoms with Crippen LogP contribution in [-0.4, -0.2) is 21.1 Å². The van der Waals surface area contributed by atoms with Gasteiger partial charge in [0.2, 0.25) is 0 Å². The number of amides is 1. The maximum Gasteiger partial charge on any atom is 0.256 e. The van der Waals surface area contributed by atoms with E-state index in [0.29, 0.717) is 22.3 Å². The number of para-hydroxylation sites is 1. The van der Waals surface area contributed by atoms with Gasteiger partial charge in [0.15, 0.2) is 0 Å². The average molecular weight is 292 g/mol. The number of benzene rings is 2. The molecule has 0 unspecified atom stereocenters. The van der Waals surface area contributed by atoms with E-state index in [1.807, 2.05) is 6.07 Å². The smallest absolute Gasteiger partial charge is 0.256 e. The predicted molar refractivity (Wildman–Crippen MR) is 84.6 cm³/mol. The Morgan fingerprint density at radius 1 is 1.09 bits per heavy atom. The fourth-order valence-electron chi connectivity index (χ4n) is 2.75. The lowest BCUT2D eigenvalue weighted by Gasteiger charge is -1.99. The molecule has 0 spiro atoms. The number of aromatic amines is 1. The molecule has 0 atom stereocenters. The van der Waals surface area contributed by atoms with Crippen molar-refractivity contribution in [2.24, 2.45) is 0 Å². The van der Waals surface area contributed by atoms with Crippen molar-refractivity contribution in [2.45, 2.75) is 0 Å². The summed E-state index contributed by atoms with van der Waals surface area (Å²) >= 11 is 0. The van der Waals surface area contributed by atoms with Gasteiger partial charge in [-0.05, 0) is 30.3 Å². The van der Waals surface area contributed by atoms with E-state index in [4.69, 9.17) is 0 Å². The molecule has 4 N–H and O–H groups in total. The number of phenolic OH excluding ortho intramolecular Hbond substituents is 2. The number of aromatic nitrogens is 1. The number of anilines is 1. The monoisotopic (exact) mass is 292 g/mol. The molecule has 1 aromatic heterocycles. The summed E-state index contributed by atoms with van der Waals surface area (Å²) in [6, 6.07) is 9.99. The van der Waals surface area contributed by atoms with Crippen molar-refractivity contribution in [1.82, 2.24) is 4.98 Å². The van der Waals surface area contributed by atoms with E-state index < -0.39 is 0 Å². The molecule has 3 aromatic rings. The molecule has 0 saturated carbocycles. The largest absolute Gasteiger partial charge is 0.508 e. The molecule has 2 aromatic carbocycles. The lowest BCUT2D eigenvalue weighted by molar-refractivity contribution is -0.110. The molecule has 5 nitrogen and oxygen atoms in total. The van der Waals surface area contributed by atoms with Crippen molar-refractivity contribution < 1.29 is 15.0 Å². The minimum absolute atomic E-state index is 0.109. The molecule has 2 heterocycles. The summed E-state index contributed by atoms with van der Waals surface area (Å²) in [6.45, 7) is 0. The van der Waals surface area contributed by atoms with Crippen molar-refractivity contribution in [3.05, 3.63) is 53.7 Å². The zero-order valence-electron chi connectivity index (χ0n) is 11.4. The number of phenols is 2. The molecule has 0 radical (unpaired) electrons. The molecular formula is C17H12N2O3. The Labute approximate surface area is 125 Å². The quantitative estimate of drug-likeness (QED) is 0.411. The van der Waals surface area contributed by atoms with Crippen molar-refractivity contribution >= 4 is 34.1 Å². The number of aromatic hydroxyl groups is 2. The van der Waals surface area contributed by atoms with Crippen molar-refractivity contribution in [3.63, 3.8) is 0 Å². The summed E-state index contributed by atoms with van der Waals surface area (Å²) < 4.78 is 0. The number of hydrogen-bond acceptors (Lipinski definition) is 3. The number of carbonyl (C=O) groups is 1. The highest BCUT2D eigenvalue weighted by molar-refractivity contribution is 6.35. The Hall–Kier alpha value is -3.21. The van der Waals surface area contributed by atoms with E-state index >= 15 is 0 Å². The standard InChI is InChI=1S/C17H12N2O3/c20-10-4-5-14-12(7-10)13(17(22)19-14)6-9-8-18-16-11(9)2-1-3-15(16)21/h1-8,18,20-21H,(H,19,22). The molecule has 0 bridgehead atoms. The molecule has 0 saturated heterocycles. The van der Waals surface area contributed by atoms with E-state index in [0.717, 1.165) is 10.9 Å². The van der Waals surface area contributed by atoms with Gasteiger partial charge in [-0.2, -0.15) is 0 Å². The fourth-order valence-corrected chi connectivity index (χ4v) is 2.75. The first-order valence-corrected chi connectivity index (χ1v) is 6.79. The van der Waals surface area contributed by atoms with Crippen LogP contribution in [0.4, 0.5) is 5.69 Å². The summed E-state index contributed by atoms with van der Waals surface area (Å²) in [7, 11) is 0. The van der Waals surface area contributed by atoms with Crippen LogP contribution in [0.1, 0.15) is 11.1 Å². The molecular weight excluding hydrogens is 280 g/mol. The van der Waals surface area contributed by atoms with Gasteiger partial charge in [-0.25, -0.2) is 0 Å². The maximum atomic E-state index is 12.2. The normalized spacial score (nSPS) is 15.3. The summed E-state index contributed by atoms with van der Waals surface area (Å²) in [6.07, 6.45) is 3.49. The predicted octanol–water partition coefficient (Wildman–Crippen LogP) is 3.07. The molecule has 22 heavy (non-hydrogen) atoms. The van der Waals surface area contributed by atoms with Gasteiger partial charge in [0, 0.05) is 34.0 Å². The number of fused-ring (bicyclic) bond motifs is 2. The third-order valence-electron chi connectivity index (χ3n) is 3.81. The zero-order chi connectivity index (χ0) is 15.3. The molecule has 108 valence electrons. The molecule has 4 rings (SSSR count). The first-order valence-electron chi connectivity index (χ1n) is 6.79. The van der Waals surface area contributed by atoms with Crippen LogP contribution >= 0.6 is 0 Å². The Bertz CT molecular complexity index is 954. The average Bonchev–Trinajstić information content (AvgIpc) is 3.03. The Morgan fingerprint density at radius 3 is 2.82 bits per heavy atom. The third-order valence-corrected chi connectivity index (χ3v) is 3.81. The lowest BCUT2D eigenvalue weighted by Crippen LogP contribution is -2.03. The zero-order valence-corrected chi connectivity index (χ0v) is 11.4. The van der Waals surface area contributed by atoms with E-state index in [1.165, 1.54) is 6.07 Å². The Morgan fingerprint density at radius 2 is 1.95 bits per heavy atom. The first kappa shape index (κ1) is 12.5. The second-order valence-corrected chi connectivity index (χ2v) is 5.19. The van der Waals surface area contributed by atoms with Gasteiger partial charge in [-0.3, -0.25) is 4.79 Å². The van der Waals surface area contributed by atoms with Gasteiger partial charge in [0.1, 0.15) is 11.5 Å². The molecule has 1 amide bonds. The summed E-state index contributed by atoms with van der Waals surface area (Å²) in [5.41, 5.74) is 3.25. The van der Waals surface area contributed by atoms with Crippen LogP contribution in [0.25, 0.3) is 22.6 Å². The van der Waals surface area contributed by atoms with Gasteiger partial charge < -0.3 is 20.5 Å². The minimum atomic E-state index is -0.213.